The number of imide groups is 1. The molecule has 0 saturated carbocycles. The van der Waals surface area contributed by atoms with Gasteiger partial charge in [0.25, 0.3) is 11.8 Å². The molecule has 4 rings (SSSR count). The zero-order chi connectivity index (χ0) is 24.2. The molecule has 34 heavy (non-hydrogen) atoms. The predicted molar refractivity (Wildman–Crippen MR) is 134 cm³/mol. The first kappa shape index (κ1) is 23.2. The fraction of sp³-hybridized carbons (Fsp3) is 0.250. The molecule has 2 aromatic carbocycles. The van der Waals surface area contributed by atoms with Gasteiger partial charge in [-0.05, 0) is 73.7 Å². The first-order valence-electron chi connectivity index (χ1n) is 11.4. The van der Waals surface area contributed by atoms with Gasteiger partial charge in [0.1, 0.15) is 11.4 Å². The van der Waals surface area contributed by atoms with Crippen molar-refractivity contribution in [3.8, 4) is 5.75 Å². The molecule has 0 radical (unpaired) electrons. The Hall–Kier alpha value is -3.93. The highest BCUT2D eigenvalue weighted by atomic mass is 16.5. The first-order valence-corrected chi connectivity index (χ1v) is 11.4. The third-order valence-electron chi connectivity index (χ3n) is 6.30. The van der Waals surface area contributed by atoms with Crippen LogP contribution in [0.3, 0.4) is 0 Å². The standard InChI is InChI=1S/C28H29N3O3/c1-5-30(17-14-21-12-15-29-16-13-21)26-25(22-11-10-19(2)20(3)18-22)27(32)31(28(26)33)23-8-6-7-9-24(23)34-4/h6-13,15-16,18H,5,14,17H2,1-4H3. The molecule has 2 amide bonds. The lowest BCUT2D eigenvalue weighted by atomic mass is 9.99. The number of methoxy groups -OCH3 is 1. The van der Waals surface area contributed by atoms with Gasteiger partial charge >= 0.3 is 0 Å². The Morgan fingerprint density at radius 2 is 1.68 bits per heavy atom. The number of anilines is 1. The lowest BCUT2D eigenvalue weighted by Gasteiger charge is -2.25. The number of benzene rings is 2. The van der Waals surface area contributed by atoms with Crippen LogP contribution in [0.25, 0.3) is 5.57 Å². The average molecular weight is 456 g/mol. The quantitative estimate of drug-likeness (QED) is 0.466. The number of likely N-dealkylation sites (N-methyl/N-ethyl adjacent to an activating group) is 1. The molecular formula is C28H29N3O3. The molecule has 2 heterocycles. The molecule has 0 atom stereocenters. The van der Waals surface area contributed by atoms with E-state index in [9.17, 15) is 9.59 Å². The van der Waals surface area contributed by atoms with Crippen molar-refractivity contribution in [3.05, 3.63) is 94.9 Å². The van der Waals surface area contributed by atoms with Gasteiger partial charge in [-0.25, -0.2) is 4.90 Å². The number of aryl methyl sites for hydroxylation is 2. The SMILES string of the molecule is CCN(CCc1ccncc1)C1=C(c2ccc(C)c(C)c2)C(=O)N(c2ccccc2OC)C1=O. The van der Waals surface area contributed by atoms with Gasteiger partial charge in [-0.15, -0.1) is 0 Å². The number of para-hydroxylation sites is 2. The van der Waals surface area contributed by atoms with Crippen molar-refractivity contribution in [2.75, 3.05) is 25.1 Å². The van der Waals surface area contributed by atoms with E-state index in [1.165, 1.54) is 12.0 Å². The summed E-state index contributed by atoms with van der Waals surface area (Å²) in [5.74, 6) is -0.195. The summed E-state index contributed by atoms with van der Waals surface area (Å²) in [6, 6.07) is 16.9. The number of hydrogen-bond donors (Lipinski definition) is 0. The number of nitrogens with zero attached hydrogens (tertiary/aromatic N) is 3. The van der Waals surface area contributed by atoms with Crippen LogP contribution in [-0.2, 0) is 16.0 Å². The summed E-state index contributed by atoms with van der Waals surface area (Å²) in [4.78, 5) is 35.0. The zero-order valence-electron chi connectivity index (χ0n) is 20.0. The molecule has 1 aliphatic rings. The van der Waals surface area contributed by atoms with Gasteiger partial charge in [0.15, 0.2) is 0 Å². The minimum Gasteiger partial charge on any atom is -0.495 e. The zero-order valence-corrected chi connectivity index (χ0v) is 20.0. The van der Waals surface area contributed by atoms with Gasteiger partial charge in [0.2, 0.25) is 0 Å². The fourth-order valence-corrected chi connectivity index (χ4v) is 4.24. The monoisotopic (exact) mass is 455 g/mol. The number of ether oxygens (including phenoxy) is 1. The molecule has 6 nitrogen and oxygen atoms in total. The molecule has 6 heteroatoms. The van der Waals surface area contributed by atoms with Gasteiger partial charge in [0.05, 0.1) is 18.4 Å². The molecule has 3 aromatic rings. The van der Waals surface area contributed by atoms with Gasteiger partial charge in [-0.3, -0.25) is 14.6 Å². The smallest absolute Gasteiger partial charge is 0.282 e. The van der Waals surface area contributed by atoms with Crippen molar-refractivity contribution in [1.82, 2.24) is 9.88 Å². The normalized spacial score (nSPS) is 13.6. The van der Waals surface area contributed by atoms with Crippen LogP contribution in [0.5, 0.6) is 5.75 Å². The topological polar surface area (TPSA) is 62.7 Å². The maximum atomic E-state index is 13.9. The highest BCUT2D eigenvalue weighted by molar-refractivity contribution is 6.45. The second kappa shape index (κ2) is 9.91. The molecule has 0 fully saturated rings. The molecule has 0 aliphatic carbocycles. The summed E-state index contributed by atoms with van der Waals surface area (Å²) < 4.78 is 5.47. The van der Waals surface area contributed by atoms with Gasteiger partial charge in [0, 0.05) is 25.5 Å². The molecule has 174 valence electrons. The van der Waals surface area contributed by atoms with E-state index < -0.39 is 0 Å². The minimum absolute atomic E-state index is 0.334. The van der Waals surface area contributed by atoms with Gasteiger partial charge in [-0.2, -0.15) is 0 Å². The highest BCUT2D eigenvalue weighted by Crippen LogP contribution is 2.38. The second-order valence-corrected chi connectivity index (χ2v) is 8.33. The molecule has 0 spiro atoms. The molecule has 0 N–H and O–H groups in total. The number of carbonyl (C=O) groups is 2. The summed E-state index contributed by atoms with van der Waals surface area (Å²) in [6.45, 7) is 7.24. The Morgan fingerprint density at radius 3 is 2.35 bits per heavy atom. The summed E-state index contributed by atoms with van der Waals surface area (Å²) in [7, 11) is 1.54. The van der Waals surface area contributed by atoms with E-state index in [2.05, 4.69) is 4.98 Å². The lowest BCUT2D eigenvalue weighted by Crippen LogP contribution is -2.36. The van der Waals surface area contributed by atoms with Gasteiger partial charge in [-0.1, -0.05) is 30.3 Å². The predicted octanol–water partition coefficient (Wildman–Crippen LogP) is 4.56. The van der Waals surface area contributed by atoms with Crippen LogP contribution in [0.15, 0.2) is 72.7 Å². The van der Waals surface area contributed by atoms with Crippen molar-refractivity contribution >= 4 is 23.1 Å². The van der Waals surface area contributed by atoms with Crippen molar-refractivity contribution in [1.29, 1.82) is 0 Å². The first-order chi connectivity index (χ1) is 16.5. The molecular weight excluding hydrogens is 426 g/mol. The number of pyridine rings is 1. The van der Waals surface area contributed by atoms with Crippen LogP contribution in [0.2, 0.25) is 0 Å². The minimum atomic E-state index is -0.338. The molecule has 1 aliphatic heterocycles. The lowest BCUT2D eigenvalue weighted by molar-refractivity contribution is -0.120. The third kappa shape index (κ3) is 4.31. The van der Waals surface area contributed by atoms with Gasteiger partial charge < -0.3 is 9.64 Å². The van der Waals surface area contributed by atoms with Crippen molar-refractivity contribution < 1.29 is 14.3 Å². The van der Waals surface area contributed by atoms with Crippen molar-refractivity contribution in [2.45, 2.75) is 27.2 Å². The van der Waals surface area contributed by atoms with E-state index in [-0.39, 0.29) is 11.8 Å². The van der Waals surface area contributed by atoms with Crippen LogP contribution >= 0.6 is 0 Å². The summed E-state index contributed by atoms with van der Waals surface area (Å²) in [5, 5.41) is 0. The van der Waals surface area contributed by atoms with E-state index in [1.807, 2.05) is 62.1 Å². The van der Waals surface area contributed by atoms with Crippen LogP contribution in [0.4, 0.5) is 5.69 Å². The average Bonchev–Trinajstić information content (AvgIpc) is 3.11. The second-order valence-electron chi connectivity index (χ2n) is 8.33. The van der Waals surface area contributed by atoms with Crippen LogP contribution < -0.4 is 9.64 Å². The third-order valence-corrected chi connectivity index (χ3v) is 6.30. The Balaban J connectivity index is 1.81. The maximum Gasteiger partial charge on any atom is 0.282 e. The Morgan fingerprint density at radius 1 is 0.941 bits per heavy atom. The number of hydrogen-bond acceptors (Lipinski definition) is 5. The van der Waals surface area contributed by atoms with E-state index in [1.54, 1.807) is 30.6 Å². The van der Waals surface area contributed by atoms with Crippen LogP contribution in [0, 0.1) is 13.8 Å². The van der Waals surface area contributed by atoms with Crippen molar-refractivity contribution in [2.24, 2.45) is 0 Å². The van der Waals surface area contributed by atoms with E-state index in [4.69, 9.17) is 4.74 Å². The molecule has 1 aromatic heterocycles. The molecule has 0 bridgehead atoms. The number of carbonyl (C=O) groups excluding carboxylic acids is 2. The van der Waals surface area contributed by atoms with Crippen LogP contribution in [0.1, 0.15) is 29.2 Å². The molecule has 0 unspecified atom stereocenters. The van der Waals surface area contributed by atoms with Crippen molar-refractivity contribution in [3.63, 3.8) is 0 Å². The Labute approximate surface area is 200 Å². The number of amides is 2. The van der Waals surface area contributed by atoms with E-state index in [0.29, 0.717) is 35.8 Å². The van der Waals surface area contributed by atoms with Crippen LogP contribution in [-0.4, -0.2) is 41.9 Å². The number of rotatable bonds is 8. The maximum absolute atomic E-state index is 13.9. The summed E-state index contributed by atoms with van der Waals surface area (Å²) in [6.07, 6.45) is 4.26. The highest BCUT2D eigenvalue weighted by Gasteiger charge is 2.43. The molecule has 0 saturated heterocycles. The van der Waals surface area contributed by atoms with E-state index >= 15 is 0 Å². The summed E-state index contributed by atoms with van der Waals surface area (Å²) in [5.41, 5.74) is 5.37. The largest absolute Gasteiger partial charge is 0.495 e. The summed E-state index contributed by atoms with van der Waals surface area (Å²) >= 11 is 0. The van der Waals surface area contributed by atoms with E-state index in [0.717, 1.165) is 28.7 Å². The Kier molecular flexibility index (Phi) is 6.77. The fourth-order valence-electron chi connectivity index (χ4n) is 4.24. The Bertz CT molecular complexity index is 1250. The number of aromatic nitrogens is 1.